The number of carbonyl (C=O) groups excluding carboxylic acids is 3. The molecule has 1 aromatic carbocycles. The van der Waals surface area contributed by atoms with Gasteiger partial charge in [-0.3, -0.25) is 14.4 Å². The molecule has 0 saturated carbocycles. The first-order chi connectivity index (χ1) is 16.5. The van der Waals surface area contributed by atoms with Gasteiger partial charge in [-0.1, -0.05) is 34.6 Å². The normalized spacial score (nSPS) is 26.3. The summed E-state index contributed by atoms with van der Waals surface area (Å²) in [6.45, 7) is 14.5. The number of amides is 2. The van der Waals surface area contributed by atoms with Crippen LogP contribution in [0.3, 0.4) is 0 Å². The van der Waals surface area contributed by atoms with Gasteiger partial charge < -0.3 is 24.8 Å². The Kier molecular flexibility index (Phi) is 7.25. The number of benzene rings is 1. The number of rotatable bonds is 5. The largest absolute Gasteiger partial charge is 0.369 e. The molecule has 8 heteroatoms. The summed E-state index contributed by atoms with van der Waals surface area (Å²) in [5.41, 5.74) is 1.09. The number of ketones is 1. The molecule has 3 aliphatic rings. The van der Waals surface area contributed by atoms with Crippen molar-refractivity contribution < 1.29 is 19.1 Å². The summed E-state index contributed by atoms with van der Waals surface area (Å²) in [6.07, 6.45) is -0.259. The highest BCUT2D eigenvalue weighted by Gasteiger charge is 2.54. The number of nitrogens with one attached hydrogen (secondary N) is 1. The molecular formula is C27H40N4O4. The van der Waals surface area contributed by atoms with Crippen LogP contribution in [0.2, 0.25) is 0 Å². The van der Waals surface area contributed by atoms with Crippen LogP contribution >= 0.6 is 0 Å². The van der Waals surface area contributed by atoms with Crippen LogP contribution in [-0.2, 0) is 14.3 Å². The van der Waals surface area contributed by atoms with Crippen molar-refractivity contribution in [1.29, 1.82) is 0 Å². The third-order valence-corrected chi connectivity index (χ3v) is 7.75. The van der Waals surface area contributed by atoms with E-state index in [9.17, 15) is 14.4 Å². The maximum atomic E-state index is 13.8. The first-order valence-corrected chi connectivity index (χ1v) is 12.8. The van der Waals surface area contributed by atoms with Crippen molar-refractivity contribution in [3.8, 4) is 0 Å². The number of fused-ring (bicyclic) bond motifs is 1. The molecule has 4 atom stereocenters. The van der Waals surface area contributed by atoms with Crippen LogP contribution < -0.4 is 10.2 Å². The first-order valence-electron chi connectivity index (χ1n) is 12.8. The Balaban J connectivity index is 1.49. The lowest BCUT2D eigenvalue weighted by Crippen LogP contribution is -2.57. The molecule has 3 heterocycles. The molecular weight excluding hydrogens is 444 g/mol. The molecule has 0 radical (unpaired) electrons. The van der Waals surface area contributed by atoms with E-state index in [-0.39, 0.29) is 42.1 Å². The van der Waals surface area contributed by atoms with Gasteiger partial charge in [0.25, 0.3) is 5.91 Å². The smallest absolute Gasteiger partial charge is 0.251 e. The number of likely N-dealkylation sites (N-methyl/N-ethyl adjacent to an activating group) is 1. The average molecular weight is 485 g/mol. The molecule has 0 aliphatic carbocycles. The lowest BCUT2D eigenvalue weighted by Gasteiger charge is -2.35. The number of nitrogens with zero attached hydrogens (tertiary/aromatic N) is 3. The summed E-state index contributed by atoms with van der Waals surface area (Å²) < 4.78 is 5.79. The zero-order valence-electron chi connectivity index (χ0n) is 21.9. The van der Waals surface area contributed by atoms with Crippen LogP contribution in [0.15, 0.2) is 24.3 Å². The molecule has 0 unspecified atom stereocenters. The summed E-state index contributed by atoms with van der Waals surface area (Å²) >= 11 is 0. The van der Waals surface area contributed by atoms with Gasteiger partial charge in [-0.05, 0) is 42.6 Å². The van der Waals surface area contributed by atoms with Crippen LogP contribution in [0, 0.1) is 17.3 Å². The van der Waals surface area contributed by atoms with Crippen molar-refractivity contribution in [2.45, 2.75) is 52.8 Å². The van der Waals surface area contributed by atoms with Crippen LogP contribution in [0.1, 0.15) is 45.0 Å². The van der Waals surface area contributed by atoms with Crippen LogP contribution in [0.5, 0.6) is 0 Å². The van der Waals surface area contributed by atoms with E-state index in [1.54, 1.807) is 4.90 Å². The molecule has 3 fully saturated rings. The highest BCUT2D eigenvalue weighted by atomic mass is 16.5. The number of anilines is 1. The standard InChI is InChI=1S/C27H40N4O4/c1-17(2)20-15-31(22-21(32)16-35-23(20)22)26(34)24(27(3,4)5)28-25(33)18-7-9-19(10-8-18)30-13-11-29(6)12-14-30/h7-10,17,20,22-24H,11-16H2,1-6H3,(H,28,33)/t20-,22+,23+,24+/m0/s1. The van der Waals surface area contributed by atoms with Crippen molar-refractivity contribution in [1.82, 2.24) is 15.1 Å². The molecule has 1 aromatic rings. The van der Waals surface area contributed by atoms with E-state index in [1.807, 2.05) is 45.0 Å². The number of Topliss-reactive ketones (excluding diaryl/α,β-unsaturated/α-hetero) is 1. The molecule has 8 nitrogen and oxygen atoms in total. The van der Waals surface area contributed by atoms with Crippen LogP contribution in [0.4, 0.5) is 5.69 Å². The summed E-state index contributed by atoms with van der Waals surface area (Å²) in [6, 6.07) is 6.28. The Hall–Kier alpha value is -2.45. The SMILES string of the molecule is CC(C)[C@@H]1CN(C(=O)[C@@H](NC(=O)c2ccc(N3CCN(C)CC3)cc2)C(C)(C)C)[C@@H]2C(=O)CO[C@@H]21. The number of likely N-dealkylation sites (tertiary alicyclic amines) is 1. The second-order valence-corrected chi connectivity index (χ2v) is 11.7. The van der Waals surface area contributed by atoms with Crippen molar-refractivity contribution in [3.63, 3.8) is 0 Å². The van der Waals surface area contributed by atoms with Gasteiger partial charge in [0.1, 0.15) is 18.7 Å². The summed E-state index contributed by atoms with van der Waals surface area (Å²) in [4.78, 5) is 45.9. The van der Waals surface area contributed by atoms with E-state index in [0.29, 0.717) is 12.1 Å². The average Bonchev–Trinajstić information content (AvgIpc) is 3.37. The molecule has 0 bridgehead atoms. The van der Waals surface area contributed by atoms with Crippen molar-refractivity contribution in [3.05, 3.63) is 29.8 Å². The second kappa shape index (κ2) is 9.90. The highest BCUT2D eigenvalue weighted by Crippen LogP contribution is 2.37. The molecule has 0 aromatic heterocycles. The van der Waals surface area contributed by atoms with Crippen molar-refractivity contribution in [2.75, 3.05) is 51.3 Å². The fraction of sp³-hybridized carbons (Fsp3) is 0.667. The lowest BCUT2D eigenvalue weighted by molar-refractivity contribution is -0.140. The zero-order chi connectivity index (χ0) is 25.5. The molecule has 0 spiro atoms. The fourth-order valence-corrected chi connectivity index (χ4v) is 5.43. The van der Waals surface area contributed by atoms with Crippen LogP contribution in [-0.4, -0.2) is 92.0 Å². The Bertz CT molecular complexity index is 947. The number of ether oxygens (including phenoxy) is 1. The van der Waals surface area contributed by atoms with Gasteiger partial charge in [-0.25, -0.2) is 0 Å². The van der Waals surface area contributed by atoms with Crippen LogP contribution in [0.25, 0.3) is 0 Å². The van der Waals surface area contributed by atoms with E-state index in [2.05, 4.69) is 36.0 Å². The van der Waals surface area contributed by atoms with Gasteiger partial charge in [0.2, 0.25) is 5.91 Å². The minimum Gasteiger partial charge on any atom is -0.369 e. The second-order valence-electron chi connectivity index (χ2n) is 11.7. The zero-order valence-corrected chi connectivity index (χ0v) is 21.9. The topological polar surface area (TPSA) is 82.2 Å². The molecule has 35 heavy (non-hydrogen) atoms. The Morgan fingerprint density at radius 2 is 1.69 bits per heavy atom. The first kappa shape index (κ1) is 25.6. The van der Waals surface area contributed by atoms with Gasteiger partial charge in [0.15, 0.2) is 5.78 Å². The van der Waals surface area contributed by atoms with Gasteiger partial charge >= 0.3 is 0 Å². The maximum absolute atomic E-state index is 13.8. The molecule has 1 N–H and O–H groups in total. The lowest BCUT2D eigenvalue weighted by atomic mass is 9.85. The number of hydrogen-bond acceptors (Lipinski definition) is 6. The van der Waals surface area contributed by atoms with Gasteiger partial charge in [-0.2, -0.15) is 0 Å². The Morgan fingerprint density at radius 1 is 1.06 bits per heavy atom. The molecule has 3 saturated heterocycles. The summed E-state index contributed by atoms with van der Waals surface area (Å²) in [5, 5.41) is 2.99. The molecule has 3 aliphatic heterocycles. The Morgan fingerprint density at radius 3 is 2.26 bits per heavy atom. The number of hydrogen-bond donors (Lipinski definition) is 1. The van der Waals surface area contributed by atoms with E-state index in [0.717, 1.165) is 31.9 Å². The van der Waals surface area contributed by atoms with Gasteiger partial charge in [-0.15, -0.1) is 0 Å². The predicted molar refractivity (Wildman–Crippen MR) is 135 cm³/mol. The highest BCUT2D eigenvalue weighted by molar-refractivity contribution is 5.99. The maximum Gasteiger partial charge on any atom is 0.251 e. The van der Waals surface area contributed by atoms with Gasteiger partial charge in [0.05, 0.1) is 6.10 Å². The van der Waals surface area contributed by atoms with Gasteiger partial charge in [0, 0.05) is 49.9 Å². The van der Waals surface area contributed by atoms with Crippen molar-refractivity contribution in [2.24, 2.45) is 17.3 Å². The van der Waals surface area contributed by atoms with E-state index < -0.39 is 17.5 Å². The molecule has 4 rings (SSSR count). The monoisotopic (exact) mass is 484 g/mol. The summed E-state index contributed by atoms with van der Waals surface area (Å²) in [7, 11) is 2.12. The van der Waals surface area contributed by atoms with E-state index in [1.165, 1.54) is 0 Å². The van der Waals surface area contributed by atoms with Crippen molar-refractivity contribution >= 4 is 23.3 Å². The third-order valence-electron chi connectivity index (χ3n) is 7.75. The summed E-state index contributed by atoms with van der Waals surface area (Å²) in [5.74, 6) is -0.156. The fourth-order valence-electron chi connectivity index (χ4n) is 5.43. The van der Waals surface area contributed by atoms with E-state index in [4.69, 9.17) is 4.74 Å². The minimum atomic E-state index is -0.757. The number of piperazine rings is 1. The minimum absolute atomic E-state index is 0.0501. The predicted octanol–water partition coefficient (Wildman–Crippen LogP) is 2.03. The Labute approximate surface area is 209 Å². The number of carbonyl (C=O) groups is 3. The molecule has 192 valence electrons. The molecule has 2 amide bonds. The third kappa shape index (κ3) is 5.23. The van der Waals surface area contributed by atoms with E-state index >= 15 is 0 Å². The quantitative estimate of drug-likeness (QED) is 0.689.